The number of nitrogens with zero attached hydrogens (tertiary/aromatic N) is 3. The highest BCUT2D eigenvalue weighted by Crippen LogP contribution is 2.31. The number of H-pyrrole nitrogens is 2. The normalized spacial score (nSPS) is 12.7. The number of halogens is 2. The van der Waals surface area contributed by atoms with Gasteiger partial charge in [-0.25, -0.2) is 14.2 Å². The lowest BCUT2D eigenvalue weighted by atomic mass is 10.0. The van der Waals surface area contributed by atoms with Crippen LogP contribution in [0.2, 0.25) is 5.02 Å². The Kier molecular flexibility index (Phi) is 10.8. The number of anilines is 1. The number of nitrogens with one attached hydrogen (secondary N) is 6. The van der Waals surface area contributed by atoms with E-state index in [-0.39, 0.29) is 17.1 Å². The maximum absolute atomic E-state index is 15.1. The lowest BCUT2D eigenvalue weighted by Crippen LogP contribution is -2.38. The minimum atomic E-state index is -0.524. The van der Waals surface area contributed by atoms with Crippen LogP contribution in [0.5, 0.6) is 0 Å². The van der Waals surface area contributed by atoms with Crippen LogP contribution < -0.4 is 27.4 Å². The Morgan fingerprint density at radius 1 is 1.17 bits per heavy atom. The molecule has 242 valence electrons. The zero-order valence-corrected chi connectivity index (χ0v) is 26.7. The SMILES string of the molecule is CC(=N)NCC[C@H](CNc1ncc[nH]1)NCc1ccc(-n2cc3cc(-c4cc(CCC[C@H](C)N)cc(Cl)c4F)[nH]c3nc2=O)cc1. The lowest BCUT2D eigenvalue weighted by molar-refractivity contribution is 0.493. The molecule has 5 rings (SSSR count). The van der Waals surface area contributed by atoms with Crippen LogP contribution in [0.15, 0.2) is 65.8 Å². The average Bonchev–Trinajstić information content (AvgIpc) is 3.69. The fourth-order valence-electron chi connectivity index (χ4n) is 5.27. The number of amidine groups is 1. The van der Waals surface area contributed by atoms with Crippen molar-refractivity contribution in [1.29, 1.82) is 5.41 Å². The molecule has 0 fully saturated rings. The largest absolute Gasteiger partial charge is 0.374 e. The molecule has 0 bridgehead atoms. The highest BCUT2D eigenvalue weighted by atomic mass is 35.5. The van der Waals surface area contributed by atoms with Crippen molar-refractivity contribution < 1.29 is 4.39 Å². The van der Waals surface area contributed by atoms with Gasteiger partial charge in [-0.3, -0.25) is 9.98 Å². The number of aryl methyl sites for hydroxylation is 1. The van der Waals surface area contributed by atoms with Crippen molar-refractivity contribution in [3.8, 4) is 16.9 Å². The fourth-order valence-corrected chi connectivity index (χ4v) is 5.51. The zero-order valence-electron chi connectivity index (χ0n) is 26.0. The summed E-state index contributed by atoms with van der Waals surface area (Å²) < 4.78 is 16.6. The molecule has 0 spiro atoms. The van der Waals surface area contributed by atoms with Crippen molar-refractivity contribution >= 4 is 34.4 Å². The second-order valence-electron chi connectivity index (χ2n) is 11.6. The van der Waals surface area contributed by atoms with Crippen molar-refractivity contribution in [1.82, 2.24) is 35.1 Å². The Balaban J connectivity index is 1.29. The van der Waals surface area contributed by atoms with Crippen molar-refractivity contribution in [2.45, 2.75) is 58.2 Å². The van der Waals surface area contributed by atoms with Gasteiger partial charge in [-0.2, -0.15) is 4.98 Å². The molecule has 2 atom stereocenters. The van der Waals surface area contributed by atoms with Crippen LogP contribution in [0.3, 0.4) is 0 Å². The molecule has 0 aliphatic carbocycles. The topological polar surface area (TPSA) is 165 Å². The number of rotatable bonds is 15. The van der Waals surface area contributed by atoms with Crippen LogP contribution in [-0.2, 0) is 13.0 Å². The molecule has 0 aliphatic heterocycles. The molecule has 46 heavy (non-hydrogen) atoms. The number of aromatic nitrogens is 5. The molecular weight excluding hydrogens is 607 g/mol. The number of imidazole rings is 1. The highest BCUT2D eigenvalue weighted by molar-refractivity contribution is 6.31. The van der Waals surface area contributed by atoms with Crippen molar-refractivity contribution in [2.75, 3.05) is 18.4 Å². The van der Waals surface area contributed by atoms with E-state index < -0.39 is 11.5 Å². The molecular formula is C33H40ClFN10O. The van der Waals surface area contributed by atoms with E-state index in [0.29, 0.717) is 59.4 Å². The van der Waals surface area contributed by atoms with E-state index in [1.165, 1.54) is 4.57 Å². The molecule has 13 heteroatoms. The number of nitrogens with two attached hydrogens (primary N) is 1. The third-order valence-electron chi connectivity index (χ3n) is 7.72. The van der Waals surface area contributed by atoms with Gasteiger partial charge in [-0.05, 0) is 81.0 Å². The quantitative estimate of drug-likeness (QED) is 0.0613. The van der Waals surface area contributed by atoms with Crippen LogP contribution in [0, 0.1) is 11.2 Å². The average molecular weight is 647 g/mol. The first-order chi connectivity index (χ1) is 22.2. The first-order valence-corrected chi connectivity index (χ1v) is 15.8. The summed E-state index contributed by atoms with van der Waals surface area (Å²) in [4.78, 5) is 27.6. The lowest BCUT2D eigenvalue weighted by Gasteiger charge is -2.20. The van der Waals surface area contributed by atoms with E-state index in [1.54, 1.807) is 43.7 Å². The van der Waals surface area contributed by atoms with E-state index in [0.717, 1.165) is 36.8 Å². The maximum atomic E-state index is 15.1. The molecule has 0 saturated heterocycles. The predicted octanol–water partition coefficient (Wildman–Crippen LogP) is 5.11. The van der Waals surface area contributed by atoms with Crippen LogP contribution in [0.4, 0.5) is 10.3 Å². The summed E-state index contributed by atoms with van der Waals surface area (Å²) >= 11 is 6.26. The van der Waals surface area contributed by atoms with Crippen molar-refractivity contribution in [2.24, 2.45) is 5.73 Å². The summed E-state index contributed by atoms with van der Waals surface area (Å²) in [5.74, 6) is 0.610. The Morgan fingerprint density at radius 2 is 1.98 bits per heavy atom. The molecule has 0 amide bonds. The van der Waals surface area contributed by atoms with Gasteiger partial charge >= 0.3 is 5.69 Å². The molecule has 3 heterocycles. The van der Waals surface area contributed by atoms with E-state index >= 15 is 4.39 Å². The van der Waals surface area contributed by atoms with E-state index in [9.17, 15) is 4.79 Å². The second kappa shape index (κ2) is 15.2. The zero-order chi connectivity index (χ0) is 32.6. The van der Waals surface area contributed by atoms with Gasteiger partial charge in [0, 0.05) is 61.3 Å². The number of hydrogen-bond acceptors (Lipinski definition) is 7. The van der Waals surface area contributed by atoms with Crippen molar-refractivity contribution in [3.63, 3.8) is 0 Å². The van der Waals surface area contributed by atoms with Gasteiger partial charge in [0.05, 0.1) is 22.2 Å². The standard InChI is InChI=1S/C33H40ClFN10O/c1-20(36)4-3-5-23-14-27(30(35)28(34)15-23)29-16-24-19-45(33(46)44-31(24)43-29)26-8-6-22(7-9-26)17-41-25(10-11-38-21(2)37)18-42-32-39-12-13-40-32/h6-9,12-16,19-20,25,41H,3-5,10-11,17-18,36H2,1-2H3,(H2,37,38)(H2,39,40,42)(H,43,44,46)/t20-,25+/m0/s1. The van der Waals surface area contributed by atoms with Crippen LogP contribution in [0.25, 0.3) is 28.0 Å². The summed E-state index contributed by atoms with van der Waals surface area (Å²) in [6.45, 7) is 5.62. The van der Waals surface area contributed by atoms with Gasteiger partial charge in [0.25, 0.3) is 0 Å². The molecule has 8 N–H and O–H groups in total. The Bertz CT molecular complexity index is 1820. The maximum Gasteiger partial charge on any atom is 0.354 e. The molecule has 0 aliphatic rings. The van der Waals surface area contributed by atoms with Gasteiger partial charge < -0.3 is 31.7 Å². The smallest absolute Gasteiger partial charge is 0.354 e. The Labute approximate surface area is 271 Å². The first kappa shape index (κ1) is 32.9. The minimum absolute atomic E-state index is 0.0484. The van der Waals surface area contributed by atoms with E-state index in [2.05, 4.69) is 35.9 Å². The second-order valence-corrected chi connectivity index (χ2v) is 12.0. The number of benzene rings is 2. The first-order valence-electron chi connectivity index (χ1n) is 15.4. The van der Waals surface area contributed by atoms with Gasteiger partial charge in [0.2, 0.25) is 0 Å². The molecule has 11 nitrogen and oxygen atoms in total. The number of hydrogen-bond donors (Lipinski definition) is 7. The Morgan fingerprint density at radius 3 is 2.70 bits per heavy atom. The van der Waals surface area contributed by atoms with Crippen LogP contribution >= 0.6 is 11.6 Å². The molecule has 0 radical (unpaired) electrons. The molecule has 0 saturated carbocycles. The molecule has 3 aromatic heterocycles. The summed E-state index contributed by atoms with van der Waals surface area (Å²) in [5, 5.41) is 18.3. The molecule has 0 unspecified atom stereocenters. The van der Waals surface area contributed by atoms with Crippen molar-refractivity contribution in [3.05, 3.63) is 93.5 Å². The summed E-state index contributed by atoms with van der Waals surface area (Å²) in [6.07, 6.45) is 8.43. The summed E-state index contributed by atoms with van der Waals surface area (Å²) in [7, 11) is 0. The number of fused-ring (bicyclic) bond motifs is 1. The number of aromatic amines is 2. The molecule has 5 aromatic rings. The van der Waals surface area contributed by atoms with Gasteiger partial charge in [0.1, 0.15) is 5.65 Å². The van der Waals surface area contributed by atoms with Gasteiger partial charge in [-0.15, -0.1) is 0 Å². The summed E-state index contributed by atoms with van der Waals surface area (Å²) in [6, 6.07) is 13.1. The summed E-state index contributed by atoms with van der Waals surface area (Å²) in [5.41, 5.74) is 9.25. The fraction of sp³-hybridized carbons (Fsp3) is 0.333. The Hall–Kier alpha value is -4.52. The third kappa shape index (κ3) is 8.59. The monoisotopic (exact) mass is 646 g/mol. The molecule has 2 aromatic carbocycles. The predicted molar refractivity (Wildman–Crippen MR) is 182 cm³/mol. The van der Waals surface area contributed by atoms with Gasteiger partial charge in [-0.1, -0.05) is 23.7 Å². The van der Waals surface area contributed by atoms with E-state index in [4.69, 9.17) is 22.7 Å². The van der Waals surface area contributed by atoms with Crippen LogP contribution in [0.1, 0.15) is 44.2 Å². The van der Waals surface area contributed by atoms with Crippen LogP contribution in [-0.4, -0.2) is 55.5 Å². The van der Waals surface area contributed by atoms with Gasteiger partial charge in [0.15, 0.2) is 11.8 Å². The highest BCUT2D eigenvalue weighted by Gasteiger charge is 2.16. The van der Waals surface area contributed by atoms with E-state index in [1.807, 2.05) is 31.2 Å². The third-order valence-corrected chi connectivity index (χ3v) is 7.99. The minimum Gasteiger partial charge on any atom is -0.374 e.